The number of alkyl halides is 1. The number of hydrogen-bond donors (Lipinski definition) is 2. The first-order valence-corrected chi connectivity index (χ1v) is 9.76. The summed E-state index contributed by atoms with van der Waals surface area (Å²) in [4.78, 5) is 26.4. The summed E-state index contributed by atoms with van der Waals surface area (Å²) < 4.78 is 34.3. The molecular weight excluding hydrogens is 406 g/mol. The standard InChI is InChI=1S/C20H27ClF2N2O4/c1-19(2,3)29-18(28)25-11-20(4,23)10-15(25)17(27)24-14(8-9-26)12-6-5-7-13(21)16(12)22/h5-7,14-15,26H,8-11H2,1-4H3,(H,24,27). The summed E-state index contributed by atoms with van der Waals surface area (Å²) in [5.74, 6) is -1.37. The molecule has 0 spiro atoms. The Morgan fingerprint density at radius 3 is 2.69 bits per heavy atom. The fraction of sp³-hybridized carbons (Fsp3) is 0.600. The van der Waals surface area contributed by atoms with Gasteiger partial charge in [0.05, 0.1) is 17.6 Å². The molecule has 0 saturated carbocycles. The van der Waals surface area contributed by atoms with E-state index >= 15 is 0 Å². The minimum Gasteiger partial charge on any atom is -0.444 e. The Bertz CT molecular complexity index is 767. The highest BCUT2D eigenvalue weighted by molar-refractivity contribution is 6.30. The number of nitrogens with one attached hydrogen (secondary N) is 1. The summed E-state index contributed by atoms with van der Waals surface area (Å²) in [5, 5.41) is 11.8. The topological polar surface area (TPSA) is 78.9 Å². The summed E-state index contributed by atoms with van der Waals surface area (Å²) >= 11 is 5.82. The molecular formula is C20H27ClF2N2O4. The van der Waals surface area contributed by atoms with Crippen molar-refractivity contribution in [3.8, 4) is 0 Å². The second-order valence-electron chi connectivity index (χ2n) is 8.46. The third kappa shape index (κ3) is 6.02. The van der Waals surface area contributed by atoms with Crippen molar-refractivity contribution in [2.24, 2.45) is 0 Å². The lowest BCUT2D eigenvalue weighted by atomic mass is 10.0. The van der Waals surface area contributed by atoms with E-state index in [0.29, 0.717) is 0 Å². The lowest BCUT2D eigenvalue weighted by Gasteiger charge is -2.29. The van der Waals surface area contributed by atoms with Crippen molar-refractivity contribution in [1.82, 2.24) is 10.2 Å². The van der Waals surface area contributed by atoms with Crippen LogP contribution in [0.3, 0.4) is 0 Å². The number of benzene rings is 1. The first kappa shape index (κ1) is 23.3. The minimum absolute atomic E-state index is 0.0229. The van der Waals surface area contributed by atoms with Crippen LogP contribution in [0.25, 0.3) is 0 Å². The first-order chi connectivity index (χ1) is 13.3. The summed E-state index contributed by atoms with van der Waals surface area (Å²) in [7, 11) is 0. The second-order valence-corrected chi connectivity index (χ2v) is 8.87. The highest BCUT2D eigenvalue weighted by Gasteiger charge is 2.48. The van der Waals surface area contributed by atoms with Gasteiger partial charge in [-0.1, -0.05) is 23.7 Å². The molecule has 2 amide bonds. The van der Waals surface area contributed by atoms with Crippen molar-refractivity contribution in [3.05, 3.63) is 34.6 Å². The maximum absolute atomic E-state index is 14.6. The van der Waals surface area contributed by atoms with Gasteiger partial charge < -0.3 is 15.2 Å². The molecule has 1 aliphatic heterocycles. The molecule has 1 aromatic carbocycles. The first-order valence-electron chi connectivity index (χ1n) is 9.38. The molecule has 1 aliphatic rings. The fourth-order valence-corrected chi connectivity index (χ4v) is 3.46. The van der Waals surface area contributed by atoms with Gasteiger partial charge in [0, 0.05) is 18.6 Å². The molecule has 1 heterocycles. The summed E-state index contributed by atoms with van der Waals surface area (Å²) in [6, 6.07) is 2.33. The van der Waals surface area contributed by atoms with E-state index in [1.54, 1.807) is 20.8 Å². The van der Waals surface area contributed by atoms with Crippen LogP contribution < -0.4 is 5.32 Å². The molecule has 0 aliphatic carbocycles. The van der Waals surface area contributed by atoms with Gasteiger partial charge in [0.2, 0.25) is 5.91 Å². The second kappa shape index (κ2) is 8.83. The average Bonchev–Trinajstić information content (AvgIpc) is 2.91. The number of ether oxygens (including phenoxy) is 1. The van der Waals surface area contributed by atoms with Crippen molar-refractivity contribution < 1.29 is 28.2 Å². The smallest absolute Gasteiger partial charge is 0.411 e. The molecule has 162 valence electrons. The summed E-state index contributed by atoms with van der Waals surface area (Å²) in [6.45, 7) is 5.70. The average molecular weight is 433 g/mol. The molecule has 3 atom stereocenters. The van der Waals surface area contributed by atoms with E-state index in [1.165, 1.54) is 25.1 Å². The molecule has 3 unspecified atom stereocenters. The van der Waals surface area contributed by atoms with Crippen LogP contribution in [0, 0.1) is 5.82 Å². The van der Waals surface area contributed by atoms with E-state index in [9.17, 15) is 23.5 Å². The zero-order valence-corrected chi connectivity index (χ0v) is 17.7. The number of nitrogens with zero attached hydrogens (tertiary/aromatic N) is 1. The largest absolute Gasteiger partial charge is 0.444 e. The lowest BCUT2D eigenvalue weighted by molar-refractivity contribution is -0.126. The van der Waals surface area contributed by atoms with Gasteiger partial charge in [0.1, 0.15) is 23.1 Å². The Labute approximate surface area is 174 Å². The number of hydrogen-bond acceptors (Lipinski definition) is 4. The van der Waals surface area contributed by atoms with Gasteiger partial charge >= 0.3 is 6.09 Å². The van der Waals surface area contributed by atoms with Gasteiger partial charge in [-0.3, -0.25) is 9.69 Å². The van der Waals surface area contributed by atoms with Crippen LogP contribution in [0.5, 0.6) is 0 Å². The van der Waals surface area contributed by atoms with E-state index in [-0.39, 0.29) is 36.6 Å². The van der Waals surface area contributed by atoms with Crippen molar-refractivity contribution in [2.45, 2.75) is 63.9 Å². The van der Waals surface area contributed by atoms with Crippen LogP contribution in [0.4, 0.5) is 13.6 Å². The lowest BCUT2D eigenvalue weighted by Crippen LogP contribution is -2.48. The third-order valence-corrected chi connectivity index (χ3v) is 4.81. The molecule has 2 rings (SSSR count). The van der Waals surface area contributed by atoms with E-state index in [2.05, 4.69) is 5.32 Å². The van der Waals surface area contributed by atoms with E-state index in [0.717, 1.165) is 4.90 Å². The molecule has 0 aromatic heterocycles. The fourth-order valence-electron chi connectivity index (χ4n) is 3.28. The van der Waals surface area contributed by atoms with Crippen LogP contribution >= 0.6 is 11.6 Å². The molecule has 6 nitrogen and oxygen atoms in total. The zero-order valence-electron chi connectivity index (χ0n) is 17.0. The van der Waals surface area contributed by atoms with Gasteiger partial charge in [-0.25, -0.2) is 13.6 Å². The Morgan fingerprint density at radius 2 is 2.10 bits per heavy atom. The number of aliphatic hydroxyl groups excluding tert-OH is 1. The molecule has 2 N–H and O–H groups in total. The molecule has 0 radical (unpaired) electrons. The predicted octanol–water partition coefficient (Wildman–Crippen LogP) is 3.76. The molecule has 0 bridgehead atoms. The zero-order chi connectivity index (χ0) is 22.0. The molecule has 1 aromatic rings. The van der Waals surface area contributed by atoms with Crippen molar-refractivity contribution in [1.29, 1.82) is 0 Å². The van der Waals surface area contributed by atoms with Gasteiger partial charge in [-0.05, 0) is 40.2 Å². The molecule has 1 saturated heterocycles. The maximum atomic E-state index is 14.6. The number of aliphatic hydroxyl groups is 1. The number of amides is 2. The number of halogens is 3. The van der Waals surface area contributed by atoms with Gasteiger partial charge in [0.25, 0.3) is 0 Å². The number of likely N-dealkylation sites (tertiary alicyclic amines) is 1. The van der Waals surface area contributed by atoms with Gasteiger partial charge in [-0.2, -0.15) is 0 Å². The van der Waals surface area contributed by atoms with Crippen molar-refractivity contribution >= 4 is 23.6 Å². The van der Waals surface area contributed by atoms with E-state index in [1.807, 2.05) is 0 Å². The Morgan fingerprint density at radius 1 is 1.45 bits per heavy atom. The highest BCUT2D eigenvalue weighted by atomic mass is 35.5. The minimum atomic E-state index is -1.77. The van der Waals surface area contributed by atoms with E-state index < -0.39 is 41.2 Å². The molecule has 9 heteroatoms. The van der Waals surface area contributed by atoms with E-state index in [4.69, 9.17) is 16.3 Å². The number of rotatable bonds is 5. The highest BCUT2D eigenvalue weighted by Crippen LogP contribution is 2.33. The van der Waals surface area contributed by atoms with Crippen molar-refractivity contribution in [3.63, 3.8) is 0 Å². The van der Waals surface area contributed by atoms with Gasteiger partial charge in [0.15, 0.2) is 0 Å². The predicted molar refractivity (Wildman–Crippen MR) is 105 cm³/mol. The third-order valence-electron chi connectivity index (χ3n) is 4.52. The van der Waals surface area contributed by atoms with Crippen LogP contribution in [-0.4, -0.2) is 52.5 Å². The molecule has 29 heavy (non-hydrogen) atoms. The quantitative estimate of drug-likeness (QED) is 0.742. The Balaban J connectivity index is 2.24. The van der Waals surface area contributed by atoms with Crippen LogP contribution in [-0.2, 0) is 9.53 Å². The maximum Gasteiger partial charge on any atom is 0.411 e. The number of carbonyl (C=O) groups is 2. The summed E-state index contributed by atoms with van der Waals surface area (Å²) in [5.41, 5.74) is -2.48. The van der Waals surface area contributed by atoms with Crippen molar-refractivity contribution in [2.75, 3.05) is 13.2 Å². The van der Waals surface area contributed by atoms with Crippen LogP contribution in [0.15, 0.2) is 18.2 Å². The SMILES string of the molecule is CC1(F)CC(C(=O)NC(CCO)c2cccc(Cl)c2F)N(C(=O)OC(C)(C)C)C1. The Kier molecular flexibility index (Phi) is 7.11. The van der Waals surface area contributed by atoms with Gasteiger partial charge in [-0.15, -0.1) is 0 Å². The summed E-state index contributed by atoms with van der Waals surface area (Å²) in [6.07, 6.45) is -0.997. The monoisotopic (exact) mass is 432 g/mol. The normalized spacial score (nSPS) is 23.0. The molecule has 1 fully saturated rings. The Hall–Kier alpha value is -1.93. The van der Waals surface area contributed by atoms with Crippen LogP contribution in [0.2, 0.25) is 5.02 Å². The number of carbonyl (C=O) groups excluding carboxylic acids is 2. The van der Waals surface area contributed by atoms with Crippen LogP contribution in [0.1, 0.15) is 52.1 Å².